The van der Waals surface area contributed by atoms with Crippen LogP contribution in [-0.2, 0) is 11.3 Å². The van der Waals surface area contributed by atoms with Crippen molar-refractivity contribution in [2.24, 2.45) is 0 Å². The van der Waals surface area contributed by atoms with E-state index in [1.54, 1.807) is 6.08 Å². The normalized spacial score (nSPS) is 17.3. The summed E-state index contributed by atoms with van der Waals surface area (Å²) in [6, 6.07) is 10.5. The SMILES string of the molecule is C=CCN(Cc1ccccc1)C(=O)CC1CCCN1.Cl. The fraction of sp³-hybridized carbons (Fsp3) is 0.438. The molecule has 2 rings (SSSR count). The zero-order valence-electron chi connectivity index (χ0n) is 11.8. The van der Waals surface area contributed by atoms with E-state index in [-0.39, 0.29) is 18.3 Å². The quantitative estimate of drug-likeness (QED) is 0.818. The highest BCUT2D eigenvalue weighted by Crippen LogP contribution is 2.12. The summed E-state index contributed by atoms with van der Waals surface area (Å²) in [5.74, 6) is 0.211. The van der Waals surface area contributed by atoms with Crippen LogP contribution in [0.25, 0.3) is 0 Å². The predicted octanol–water partition coefficient (Wildman–Crippen LogP) is 2.77. The molecule has 0 aromatic heterocycles. The molecular formula is C16H23ClN2O. The number of carbonyl (C=O) groups is 1. The molecule has 0 spiro atoms. The van der Waals surface area contributed by atoms with E-state index in [0.717, 1.165) is 18.5 Å². The van der Waals surface area contributed by atoms with Crippen LogP contribution in [0.5, 0.6) is 0 Å². The van der Waals surface area contributed by atoms with Crippen LogP contribution in [-0.4, -0.2) is 29.9 Å². The van der Waals surface area contributed by atoms with Gasteiger partial charge in [0, 0.05) is 25.6 Å². The van der Waals surface area contributed by atoms with Gasteiger partial charge in [-0.15, -0.1) is 19.0 Å². The molecule has 1 N–H and O–H groups in total. The minimum absolute atomic E-state index is 0. The van der Waals surface area contributed by atoms with Gasteiger partial charge < -0.3 is 10.2 Å². The van der Waals surface area contributed by atoms with Crippen LogP contribution in [0.15, 0.2) is 43.0 Å². The number of halogens is 1. The van der Waals surface area contributed by atoms with Gasteiger partial charge in [-0.2, -0.15) is 0 Å². The molecule has 1 aliphatic rings. The summed E-state index contributed by atoms with van der Waals surface area (Å²) in [6.45, 7) is 6.06. The van der Waals surface area contributed by atoms with E-state index in [2.05, 4.69) is 24.0 Å². The van der Waals surface area contributed by atoms with Gasteiger partial charge in [0.2, 0.25) is 5.91 Å². The van der Waals surface area contributed by atoms with Gasteiger partial charge >= 0.3 is 0 Å². The van der Waals surface area contributed by atoms with Gasteiger partial charge in [0.15, 0.2) is 0 Å². The molecule has 0 saturated carbocycles. The summed E-state index contributed by atoms with van der Waals surface area (Å²) in [7, 11) is 0. The van der Waals surface area contributed by atoms with E-state index in [1.165, 1.54) is 6.42 Å². The lowest BCUT2D eigenvalue weighted by atomic mass is 10.1. The van der Waals surface area contributed by atoms with Gasteiger partial charge in [-0.25, -0.2) is 0 Å². The smallest absolute Gasteiger partial charge is 0.224 e. The molecule has 1 atom stereocenters. The molecule has 1 heterocycles. The van der Waals surface area contributed by atoms with E-state index in [9.17, 15) is 4.79 Å². The molecule has 110 valence electrons. The van der Waals surface area contributed by atoms with Crippen molar-refractivity contribution in [3.8, 4) is 0 Å². The molecule has 0 aliphatic carbocycles. The number of nitrogens with one attached hydrogen (secondary N) is 1. The van der Waals surface area contributed by atoms with E-state index in [0.29, 0.717) is 25.6 Å². The molecule has 1 aromatic carbocycles. The van der Waals surface area contributed by atoms with Crippen LogP contribution in [0.2, 0.25) is 0 Å². The Labute approximate surface area is 127 Å². The number of hydrogen-bond donors (Lipinski definition) is 1. The molecular weight excluding hydrogens is 272 g/mol. The largest absolute Gasteiger partial charge is 0.335 e. The summed E-state index contributed by atoms with van der Waals surface area (Å²) in [4.78, 5) is 14.2. The maximum Gasteiger partial charge on any atom is 0.224 e. The van der Waals surface area contributed by atoms with Crippen molar-refractivity contribution < 1.29 is 4.79 Å². The molecule has 4 heteroatoms. The van der Waals surface area contributed by atoms with E-state index >= 15 is 0 Å². The fourth-order valence-corrected chi connectivity index (χ4v) is 2.49. The lowest BCUT2D eigenvalue weighted by Crippen LogP contribution is -2.35. The Balaban J connectivity index is 0.00000200. The minimum atomic E-state index is 0. The molecule has 1 fully saturated rings. The van der Waals surface area contributed by atoms with Crippen LogP contribution < -0.4 is 5.32 Å². The second-order valence-corrected chi connectivity index (χ2v) is 5.05. The second-order valence-electron chi connectivity index (χ2n) is 5.05. The lowest BCUT2D eigenvalue weighted by Gasteiger charge is -2.23. The minimum Gasteiger partial charge on any atom is -0.335 e. The third-order valence-electron chi connectivity index (χ3n) is 3.50. The van der Waals surface area contributed by atoms with Gasteiger partial charge in [0.05, 0.1) is 0 Å². The number of amides is 1. The zero-order chi connectivity index (χ0) is 13.5. The van der Waals surface area contributed by atoms with Gasteiger partial charge in [-0.05, 0) is 24.9 Å². The maximum absolute atomic E-state index is 12.3. The first kappa shape index (κ1) is 16.7. The first-order valence-corrected chi connectivity index (χ1v) is 6.95. The number of nitrogens with zero attached hydrogens (tertiary/aromatic N) is 1. The third-order valence-corrected chi connectivity index (χ3v) is 3.50. The number of rotatable bonds is 6. The highest BCUT2D eigenvalue weighted by Gasteiger charge is 2.21. The number of benzene rings is 1. The van der Waals surface area contributed by atoms with Crippen LogP contribution in [0.4, 0.5) is 0 Å². The van der Waals surface area contributed by atoms with Gasteiger partial charge in [-0.3, -0.25) is 4.79 Å². The monoisotopic (exact) mass is 294 g/mol. The highest BCUT2D eigenvalue weighted by atomic mass is 35.5. The van der Waals surface area contributed by atoms with Crippen molar-refractivity contribution in [1.82, 2.24) is 10.2 Å². The van der Waals surface area contributed by atoms with E-state index < -0.39 is 0 Å². The van der Waals surface area contributed by atoms with Crippen LogP contribution in [0.3, 0.4) is 0 Å². The van der Waals surface area contributed by atoms with Crippen LogP contribution in [0, 0.1) is 0 Å². The molecule has 1 unspecified atom stereocenters. The molecule has 0 bridgehead atoms. The third kappa shape index (κ3) is 4.99. The fourth-order valence-electron chi connectivity index (χ4n) is 2.49. The van der Waals surface area contributed by atoms with Gasteiger partial charge in [-0.1, -0.05) is 36.4 Å². The van der Waals surface area contributed by atoms with E-state index in [1.807, 2.05) is 23.1 Å². The maximum atomic E-state index is 12.3. The molecule has 1 amide bonds. The topological polar surface area (TPSA) is 32.3 Å². The first-order chi connectivity index (χ1) is 9.29. The average molecular weight is 295 g/mol. The summed E-state index contributed by atoms with van der Waals surface area (Å²) in [5, 5.41) is 3.38. The predicted molar refractivity (Wildman–Crippen MR) is 84.9 cm³/mol. The molecule has 0 radical (unpaired) electrons. The molecule has 20 heavy (non-hydrogen) atoms. The summed E-state index contributed by atoms with van der Waals surface area (Å²) in [6.07, 6.45) is 4.68. The van der Waals surface area contributed by atoms with Crippen molar-refractivity contribution in [3.63, 3.8) is 0 Å². The Morgan fingerprint density at radius 1 is 1.40 bits per heavy atom. The standard InChI is InChI=1S/C16H22N2O.ClH/c1-2-11-18(13-14-7-4-3-5-8-14)16(19)12-15-9-6-10-17-15;/h2-5,7-8,15,17H,1,6,9-13H2;1H. The van der Waals surface area contributed by atoms with Crippen molar-refractivity contribution in [1.29, 1.82) is 0 Å². The Morgan fingerprint density at radius 2 is 2.15 bits per heavy atom. The summed E-state index contributed by atoms with van der Waals surface area (Å²) >= 11 is 0. The highest BCUT2D eigenvalue weighted by molar-refractivity contribution is 5.85. The molecule has 1 aromatic rings. The van der Waals surface area contributed by atoms with Crippen molar-refractivity contribution in [2.45, 2.75) is 31.8 Å². The van der Waals surface area contributed by atoms with Crippen molar-refractivity contribution in [2.75, 3.05) is 13.1 Å². The Morgan fingerprint density at radius 3 is 2.75 bits per heavy atom. The Hall–Kier alpha value is -1.32. The zero-order valence-corrected chi connectivity index (χ0v) is 12.6. The van der Waals surface area contributed by atoms with Crippen LogP contribution >= 0.6 is 12.4 Å². The van der Waals surface area contributed by atoms with Crippen molar-refractivity contribution >= 4 is 18.3 Å². The lowest BCUT2D eigenvalue weighted by molar-refractivity contribution is -0.131. The van der Waals surface area contributed by atoms with Crippen molar-refractivity contribution in [3.05, 3.63) is 48.6 Å². The van der Waals surface area contributed by atoms with Crippen LogP contribution in [0.1, 0.15) is 24.8 Å². The van der Waals surface area contributed by atoms with Gasteiger partial charge in [0.25, 0.3) is 0 Å². The Kier molecular flexibility index (Phi) is 7.34. The summed E-state index contributed by atoms with van der Waals surface area (Å²) in [5.41, 5.74) is 1.16. The average Bonchev–Trinajstić information content (AvgIpc) is 2.92. The number of hydrogen-bond acceptors (Lipinski definition) is 2. The van der Waals surface area contributed by atoms with Gasteiger partial charge in [0.1, 0.15) is 0 Å². The Bertz CT molecular complexity index is 416. The molecule has 1 aliphatic heterocycles. The summed E-state index contributed by atoms with van der Waals surface area (Å²) < 4.78 is 0. The molecule has 3 nitrogen and oxygen atoms in total. The first-order valence-electron chi connectivity index (χ1n) is 6.95. The molecule has 1 saturated heterocycles. The number of carbonyl (C=O) groups excluding carboxylic acids is 1. The second kappa shape index (κ2) is 8.77. The van der Waals surface area contributed by atoms with E-state index in [4.69, 9.17) is 0 Å².